The van der Waals surface area contributed by atoms with Crippen LogP contribution in [0.3, 0.4) is 0 Å². The zero-order valence-electron chi connectivity index (χ0n) is 15.0. The lowest BCUT2D eigenvalue weighted by Gasteiger charge is -1.99. The Balaban J connectivity index is 0. The first-order valence-corrected chi connectivity index (χ1v) is 9.15. The Bertz CT molecular complexity index is 240. The van der Waals surface area contributed by atoms with Crippen LogP contribution in [0.25, 0.3) is 0 Å². The molecule has 0 aliphatic rings. The summed E-state index contributed by atoms with van der Waals surface area (Å²) in [4.78, 5) is 10.5. The highest BCUT2D eigenvalue weighted by Gasteiger charge is 1.94. The van der Waals surface area contributed by atoms with Crippen LogP contribution in [-0.2, 0) is 4.79 Å². The first-order valence-electron chi connectivity index (χ1n) is 9.15. The van der Waals surface area contributed by atoms with Crippen molar-refractivity contribution in [2.45, 2.75) is 96.8 Å². The summed E-state index contributed by atoms with van der Waals surface area (Å²) in [6.07, 6.45) is 21.9. The van der Waals surface area contributed by atoms with Gasteiger partial charge in [0.2, 0.25) is 5.91 Å². The Morgan fingerprint density at radius 2 is 1.18 bits per heavy atom. The lowest BCUT2D eigenvalue weighted by molar-refractivity contribution is -0.118. The topological polar surface area (TPSA) is 63.3 Å². The Morgan fingerprint density at radius 1 is 0.773 bits per heavy atom. The molecule has 0 unspecified atom stereocenters. The predicted molar refractivity (Wildman–Crippen MR) is 96.8 cm³/mol. The SMILES string of the molecule is CCCCCCCC/C=C\CCCCCCCC(N)=O.CO. The second-order valence-electron chi connectivity index (χ2n) is 5.80. The molecule has 0 spiro atoms. The Labute approximate surface area is 138 Å². The van der Waals surface area contributed by atoms with E-state index in [4.69, 9.17) is 10.8 Å². The second-order valence-corrected chi connectivity index (χ2v) is 5.80. The average molecular weight is 314 g/mol. The number of nitrogens with two attached hydrogens (primary N) is 1. The Kier molecular flexibility index (Phi) is 23.9. The first kappa shape index (κ1) is 23.4. The highest BCUT2D eigenvalue weighted by molar-refractivity contribution is 5.73. The Hall–Kier alpha value is -0.830. The highest BCUT2D eigenvalue weighted by Crippen LogP contribution is 2.09. The van der Waals surface area contributed by atoms with Gasteiger partial charge in [0, 0.05) is 13.5 Å². The van der Waals surface area contributed by atoms with E-state index in [2.05, 4.69) is 19.1 Å². The van der Waals surface area contributed by atoms with Crippen molar-refractivity contribution < 1.29 is 9.90 Å². The van der Waals surface area contributed by atoms with Crippen molar-refractivity contribution in [1.82, 2.24) is 0 Å². The minimum absolute atomic E-state index is 0.164. The zero-order chi connectivity index (χ0) is 16.9. The predicted octanol–water partition coefficient (Wildman–Crippen LogP) is 5.12. The van der Waals surface area contributed by atoms with Crippen molar-refractivity contribution in [1.29, 1.82) is 0 Å². The molecule has 0 aliphatic heterocycles. The molecule has 0 aromatic rings. The molecule has 0 heterocycles. The van der Waals surface area contributed by atoms with Gasteiger partial charge in [0.15, 0.2) is 0 Å². The minimum atomic E-state index is -0.164. The second kappa shape index (κ2) is 22.5. The van der Waals surface area contributed by atoms with Crippen molar-refractivity contribution >= 4 is 5.91 Å². The number of hydrogen-bond donors (Lipinski definition) is 2. The standard InChI is InChI=1S/C18H35NO.CH4O/c1-2-3-4-5-6-7-8-9-10-11-12-13-14-15-16-17-18(19)20;1-2/h9-10H,2-8,11-17H2,1H3,(H2,19,20);2H,1H3/b10-9-;. The van der Waals surface area contributed by atoms with Crippen LogP contribution in [0.4, 0.5) is 0 Å². The number of carbonyl (C=O) groups excluding carboxylic acids is 1. The van der Waals surface area contributed by atoms with Crippen molar-refractivity contribution in [2.75, 3.05) is 7.11 Å². The Morgan fingerprint density at radius 3 is 1.64 bits per heavy atom. The van der Waals surface area contributed by atoms with Gasteiger partial charge in [0.25, 0.3) is 0 Å². The summed E-state index contributed by atoms with van der Waals surface area (Å²) < 4.78 is 0. The fourth-order valence-electron chi connectivity index (χ4n) is 2.37. The van der Waals surface area contributed by atoms with E-state index < -0.39 is 0 Å². The van der Waals surface area contributed by atoms with Gasteiger partial charge in [-0.15, -0.1) is 0 Å². The maximum absolute atomic E-state index is 10.5. The van der Waals surface area contributed by atoms with Gasteiger partial charge in [-0.1, -0.05) is 70.4 Å². The maximum Gasteiger partial charge on any atom is 0.217 e. The van der Waals surface area contributed by atoms with Gasteiger partial charge in [-0.2, -0.15) is 0 Å². The number of allylic oxidation sites excluding steroid dienone is 2. The molecular weight excluding hydrogens is 274 g/mol. The lowest BCUT2D eigenvalue weighted by atomic mass is 10.1. The van der Waals surface area contributed by atoms with Gasteiger partial charge < -0.3 is 10.8 Å². The van der Waals surface area contributed by atoms with E-state index in [0.29, 0.717) is 6.42 Å². The zero-order valence-corrected chi connectivity index (χ0v) is 15.0. The van der Waals surface area contributed by atoms with Crippen LogP contribution in [0.15, 0.2) is 12.2 Å². The van der Waals surface area contributed by atoms with Crippen LogP contribution in [0, 0.1) is 0 Å². The maximum atomic E-state index is 10.5. The molecule has 132 valence electrons. The fraction of sp³-hybridized carbons (Fsp3) is 0.842. The van der Waals surface area contributed by atoms with Crippen LogP contribution >= 0.6 is 0 Å². The van der Waals surface area contributed by atoms with E-state index in [0.717, 1.165) is 20.0 Å². The lowest BCUT2D eigenvalue weighted by Crippen LogP contribution is -2.09. The molecule has 3 heteroatoms. The molecule has 3 N–H and O–H groups in total. The van der Waals surface area contributed by atoms with Crippen molar-refractivity contribution in [2.24, 2.45) is 5.73 Å². The summed E-state index contributed by atoms with van der Waals surface area (Å²) in [7, 11) is 1.00. The third-order valence-electron chi connectivity index (χ3n) is 3.68. The summed E-state index contributed by atoms with van der Waals surface area (Å²) in [5, 5.41) is 7.00. The van der Waals surface area contributed by atoms with Crippen molar-refractivity contribution in [3.63, 3.8) is 0 Å². The van der Waals surface area contributed by atoms with E-state index in [1.807, 2.05) is 0 Å². The van der Waals surface area contributed by atoms with Crippen molar-refractivity contribution in [3.8, 4) is 0 Å². The van der Waals surface area contributed by atoms with Crippen molar-refractivity contribution in [3.05, 3.63) is 12.2 Å². The smallest absolute Gasteiger partial charge is 0.217 e. The molecule has 22 heavy (non-hydrogen) atoms. The number of hydrogen-bond acceptors (Lipinski definition) is 2. The first-order chi connectivity index (χ1) is 10.8. The fourth-order valence-corrected chi connectivity index (χ4v) is 2.37. The summed E-state index contributed by atoms with van der Waals surface area (Å²) >= 11 is 0. The minimum Gasteiger partial charge on any atom is -0.400 e. The van der Waals surface area contributed by atoms with Gasteiger partial charge >= 0.3 is 0 Å². The third-order valence-corrected chi connectivity index (χ3v) is 3.68. The normalized spacial score (nSPS) is 10.5. The number of unbranched alkanes of at least 4 members (excludes halogenated alkanes) is 11. The average Bonchev–Trinajstić information content (AvgIpc) is 2.53. The summed E-state index contributed by atoms with van der Waals surface area (Å²) in [6.45, 7) is 2.26. The molecular formula is C19H39NO2. The van der Waals surface area contributed by atoms with Gasteiger partial charge in [-0.25, -0.2) is 0 Å². The molecule has 0 fully saturated rings. The largest absolute Gasteiger partial charge is 0.400 e. The van der Waals surface area contributed by atoms with E-state index in [1.54, 1.807) is 0 Å². The van der Waals surface area contributed by atoms with E-state index in [-0.39, 0.29) is 5.91 Å². The van der Waals surface area contributed by atoms with Gasteiger partial charge in [-0.3, -0.25) is 4.79 Å². The molecule has 0 aromatic carbocycles. The van der Waals surface area contributed by atoms with Gasteiger partial charge in [-0.05, 0) is 32.1 Å². The number of rotatable bonds is 15. The van der Waals surface area contributed by atoms with Crippen LogP contribution in [0.1, 0.15) is 96.8 Å². The monoisotopic (exact) mass is 313 g/mol. The van der Waals surface area contributed by atoms with E-state index >= 15 is 0 Å². The number of primary amides is 1. The summed E-state index contributed by atoms with van der Waals surface area (Å²) in [5.41, 5.74) is 5.10. The number of aliphatic hydroxyl groups excluding tert-OH is 1. The summed E-state index contributed by atoms with van der Waals surface area (Å²) in [5.74, 6) is -0.164. The van der Waals surface area contributed by atoms with Crippen LogP contribution in [0.5, 0.6) is 0 Å². The molecule has 1 amide bonds. The molecule has 0 saturated carbocycles. The summed E-state index contributed by atoms with van der Waals surface area (Å²) in [6, 6.07) is 0. The van der Waals surface area contributed by atoms with E-state index in [9.17, 15) is 4.79 Å². The van der Waals surface area contributed by atoms with Crippen LogP contribution < -0.4 is 5.73 Å². The molecule has 3 nitrogen and oxygen atoms in total. The highest BCUT2D eigenvalue weighted by atomic mass is 16.2. The molecule has 0 aliphatic carbocycles. The van der Waals surface area contributed by atoms with Gasteiger partial charge in [0.1, 0.15) is 0 Å². The third kappa shape index (κ3) is 24.2. The molecule has 0 atom stereocenters. The molecule has 0 rings (SSSR count). The van der Waals surface area contributed by atoms with Crippen LogP contribution in [-0.4, -0.2) is 18.1 Å². The van der Waals surface area contributed by atoms with E-state index in [1.165, 1.54) is 70.6 Å². The molecule has 0 saturated heterocycles. The quantitative estimate of drug-likeness (QED) is 0.325. The molecule has 0 bridgehead atoms. The molecule has 0 aromatic heterocycles. The number of amides is 1. The van der Waals surface area contributed by atoms with Crippen LogP contribution in [0.2, 0.25) is 0 Å². The van der Waals surface area contributed by atoms with Gasteiger partial charge in [0.05, 0.1) is 0 Å². The number of carbonyl (C=O) groups is 1. The molecule has 0 radical (unpaired) electrons. The number of aliphatic hydroxyl groups is 1.